The molecule has 20 heavy (non-hydrogen) atoms. The van der Waals surface area contributed by atoms with E-state index < -0.39 is 0 Å². The van der Waals surface area contributed by atoms with E-state index in [1.54, 1.807) is 24.3 Å². The van der Waals surface area contributed by atoms with E-state index in [-0.39, 0.29) is 18.0 Å². The SMILES string of the molecule is NCCc1ccc(C(=O)Cc2ccc(Br)cc2F)cc1. The Morgan fingerprint density at radius 2 is 1.85 bits per heavy atom. The quantitative estimate of drug-likeness (QED) is 0.849. The maximum Gasteiger partial charge on any atom is 0.167 e. The van der Waals surface area contributed by atoms with E-state index in [4.69, 9.17) is 5.73 Å². The summed E-state index contributed by atoms with van der Waals surface area (Å²) in [5.74, 6) is -0.460. The molecule has 0 bridgehead atoms. The molecule has 0 aromatic heterocycles. The second-order valence-electron chi connectivity index (χ2n) is 4.57. The molecule has 0 aliphatic rings. The number of ketones is 1. The molecule has 2 nitrogen and oxygen atoms in total. The van der Waals surface area contributed by atoms with Crippen LogP contribution in [0.25, 0.3) is 0 Å². The average molecular weight is 336 g/mol. The first-order valence-electron chi connectivity index (χ1n) is 6.36. The first kappa shape index (κ1) is 14.9. The molecule has 0 aliphatic heterocycles. The highest BCUT2D eigenvalue weighted by Gasteiger charge is 2.10. The molecule has 0 aliphatic carbocycles. The fourth-order valence-corrected chi connectivity index (χ4v) is 2.30. The first-order valence-corrected chi connectivity index (χ1v) is 7.15. The summed E-state index contributed by atoms with van der Waals surface area (Å²) in [6, 6.07) is 12.0. The fraction of sp³-hybridized carbons (Fsp3) is 0.188. The van der Waals surface area contributed by atoms with Gasteiger partial charge in [-0.1, -0.05) is 46.3 Å². The predicted octanol–water partition coefficient (Wildman–Crippen LogP) is 3.51. The second kappa shape index (κ2) is 6.77. The molecule has 4 heteroatoms. The van der Waals surface area contributed by atoms with E-state index in [2.05, 4.69) is 15.9 Å². The van der Waals surface area contributed by atoms with Gasteiger partial charge in [-0.15, -0.1) is 0 Å². The Bertz CT molecular complexity index is 610. The van der Waals surface area contributed by atoms with E-state index in [0.29, 0.717) is 22.1 Å². The summed E-state index contributed by atoms with van der Waals surface area (Å²) in [4.78, 5) is 12.1. The van der Waals surface area contributed by atoms with Gasteiger partial charge in [0.05, 0.1) is 0 Å². The molecule has 0 fully saturated rings. The molecule has 2 aromatic carbocycles. The van der Waals surface area contributed by atoms with Crippen molar-refractivity contribution in [3.05, 3.63) is 69.4 Å². The van der Waals surface area contributed by atoms with Crippen molar-refractivity contribution >= 4 is 21.7 Å². The fourth-order valence-electron chi connectivity index (χ4n) is 1.96. The van der Waals surface area contributed by atoms with Gasteiger partial charge in [0.25, 0.3) is 0 Å². The zero-order valence-electron chi connectivity index (χ0n) is 10.9. The monoisotopic (exact) mass is 335 g/mol. The maximum atomic E-state index is 13.7. The number of carbonyl (C=O) groups excluding carboxylic acids is 1. The van der Waals surface area contributed by atoms with Gasteiger partial charge in [-0.05, 0) is 36.2 Å². The number of benzene rings is 2. The van der Waals surface area contributed by atoms with Gasteiger partial charge in [0, 0.05) is 16.5 Å². The highest BCUT2D eigenvalue weighted by molar-refractivity contribution is 9.10. The van der Waals surface area contributed by atoms with Crippen molar-refractivity contribution in [1.82, 2.24) is 0 Å². The van der Waals surface area contributed by atoms with Gasteiger partial charge < -0.3 is 5.73 Å². The minimum absolute atomic E-state index is 0.0648. The van der Waals surface area contributed by atoms with E-state index in [9.17, 15) is 9.18 Å². The van der Waals surface area contributed by atoms with Crippen LogP contribution in [0.1, 0.15) is 21.5 Å². The molecular formula is C16H15BrFNO. The lowest BCUT2D eigenvalue weighted by atomic mass is 10.0. The highest BCUT2D eigenvalue weighted by Crippen LogP contribution is 2.17. The van der Waals surface area contributed by atoms with Gasteiger partial charge in [-0.2, -0.15) is 0 Å². The topological polar surface area (TPSA) is 43.1 Å². The van der Waals surface area contributed by atoms with Crippen molar-refractivity contribution in [2.75, 3.05) is 6.54 Å². The van der Waals surface area contributed by atoms with Crippen LogP contribution in [0.5, 0.6) is 0 Å². The molecule has 0 spiro atoms. The molecule has 0 saturated heterocycles. The number of hydrogen-bond donors (Lipinski definition) is 1. The zero-order chi connectivity index (χ0) is 14.5. The van der Waals surface area contributed by atoms with Crippen LogP contribution in [0.15, 0.2) is 46.9 Å². The predicted molar refractivity (Wildman–Crippen MR) is 81.3 cm³/mol. The molecule has 2 aromatic rings. The number of halogens is 2. The van der Waals surface area contributed by atoms with Crippen molar-refractivity contribution in [3.63, 3.8) is 0 Å². The minimum atomic E-state index is -0.368. The van der Waals surface area contributed by atoms with Crippen LogP contribution in [0.4, 0.5) is 4.39 Å². The summed E-state index contributed by atoms with van der Waals surface area (Å²) >= 11 is 3.19. The molecule has 0 unspecified atom stereocenters. The van der Waals surface area contributed by atoms with Gasteiger partial charge in [0.15, 0.2) is 5.78 Å². The van der Waals surface area contributed by atoms with E-state index >= 15 is 0 Å². The van der Waals surface area contributed by atoms with Crippen molar-refractivity contribution in [2.24, 2.45) is 5.73 Å². The van der Waals surface area contributed by atoms with Crippen LogP contribution in [-0.4, -0.2) is 12.3 Å². The number of Topliss-reactive ketones (excluding diaryl/α,β-unsaturated/α-hetero) is 1. The number of nitrogens with two attached hydrogens (primary N) is 1. The first-order chi connectivity index (χ1) is 9.60. The molecule has 0 saturated carbocycles. The third kappa shape index (κ3) is 3.74. The van der Waals surface area contributed by atoms with Crippen molar-refractivity contribution in [2.45, 2.75) is 12.8 Å². The van der Waals surface area contributed by atoms with Gasteiger partial charge in [-0.25, -0.2) is 4.39 Å². The summed E-state index contributed by atoms with van der Waals surface area (Å²) in [5.41, 5.74) is 7.57. The normalized spacial score (nSPS) is 10.6. The molecule has 0 amide bonds. The second-order valence-corrected chi connectivity index (χ2v) is 5.49. The Hall–Kier alpha value is -1.52. The van der Waals surface area contributed by atoms with Crippen LogP contribution >= 0.6 is 15.9 Å². The van der Waals surface area contributed by atoms with Crippen molar-refractivity contribution in [3.8, 4) is 0 Å². The Morgan fingerprint density at radius 3 is 2.45 bits per heavy atom. The van der Waals surface area contributed by atoms with E-state index in [0.717, 1.165) is 12.0 Å². The summed E-state index contributed by atoms with van der Waals surface area (Å²) in [6.45, 7) is 0.581. The van der Waals surface area contributed by atoms with Crippen molar-refractivity contribution < 1.29 is 9.18 Å². The zero-order valence-corrected chi connectivity index (χ0v) is 12.5. The van der Waals surface area contributed by atoms with Crippen molar-refractivity contribution in [1.29, 1.82) is 0 Å². The Morgan fingerprint density at radius 1 is 1.15 bits per heavy atom. The van der Waals surface area contributed by atoms with Crippen LogP contribution in [0, 0.1) is 5.82 Å². The molecule has 104 valence electrons. The summed E-state index contributed by atoms with van der Waals surface area (Å²) in [5, 5.41) is 0. The number of carbonyl (C=O) groups is 1. The van der Waals surface area contributed by atoms with Gasteiger partial charge in [-0.3, -0.25) is 4.79 Å². The van der Waals surface area contributed by atoms with Crippen LogP contribution in [0.3, 0.4) is 0 Å². The third-order valence-corrected chi connectivity index (χ3v) is 3.57. The Kier molecular flexibility index (Phi) is 5.04. The van der Waals surface area contributed by atoms with Crippen LogP contribution in [-0.2, 0) is 12.8 Å². The molecule has 0 atom stereocenters. The van der Waals surface area contributed by atoms with E-state index in [1.165, 1.54) is 6.07 Å². The van der Waals surface area contributed by atoms with Gasteiger partial charge in [0.1, 0.15) is 5.82 Å². The average Bonchev–Trinajstić information content (AvgIpc) is 2.43. The minimum Gasteiger partial charge on any atom is -0.330 e. The molecule has 0 heterocycles. The standard InChI is InChI=1S/C16H15BrFNO/c17-14-6-5-13(15(18)10-14)9-16(20)12-3-1-11(2-4-12)7-8-19/h1-6,10H,7-9,19H2. The Labute approximate surface area is 125 Å². The van der Waals surface area contributed by atoms with Crippen LogP contribution < -0.4 is 5.73 Å². The summed E-state index contributed by atoms with van der Waals surface area (Å²) in [7, 11) is 0. The Balaban J connectivity index is 2.11. The van der Waals surface area contributed by atoms with Gasteiger partial charge >= 0.3 is 0 Å². The molecular weight excluding hydrogens is 321 g/mol. The van der Waals surface area contributed by atoms with Crippen LogP contribution in [0.2, 0.25) is 0 Å². The lowest BCUT2D eigenvalue weighted by Gasteiger charge is -2.05. The summed E-state index contributed by atoms with van der Waals surface area (Å²) < 4.78 is 14.4. The smallest absolute Gasteiger partial charge is 0.167 e. The summed E-state index contributed by atoms with van der Waals surface area (Å²) in [6.07, 6.45) is 0.852. The molecule has 2 N–H and O–H groups in total. The lowest BCUT2D eigenvalue weighted by molar-refractivity contribution is 0.0992. The number of rotatable bonds is 5. The lowest BCUT2D eigenvalue weighted by Crippen LogP contribution is -2.06. The van der Waals surface area contributed by atoms with Gasteiger partial charge in [0.2, 0.25) is 0 Å². The third-order valence-electron chi connectivity index (χ3n) is 3.08. The molecule has 2 rings (SSSR count). The molecule has 0 radical (unpaired) electrons. The van der Waals surface area contributed by atoms with E-state index in [1.807, 2.05) is 12.1 Å². The highest BCUT2D eigenvalue weighted by atomic mass is 79.9. The number of hydrogen-bond acceptors (Lipinski definition) is 2. The largest absolute Gasteiger partial charge is 0.330 e. The maximum absolute atomic E-state index is 13.7.